The molecule has 2 aromatic heterocycles. The Balaban J connectivity index is 1.40. The molecule has 37 heavy (non-hydrogen) atoms. The lowest BCUT2D eigenvalue weighted by Crippen LogP contribution is -2.48. The summed E-state index contributed by atoms with van der Waals surface area (Å²) in [7, 11) is -3.88. The summed E-state index contributed by atoms with van der Waals surface area (Å²) in [6.45, 7) is 8.14. The number of nitrogens with zero attached hydrogens (tertiary/aromatic N) is 5. The standard InChI is InChI=1S/C26H27F2N5O3S/c1-18(2)31-9-11-32(12-10-31)21-5-3-4-19(14-21)24-15-33(30-29-24)26-23(27)7-6-20(25(26)28)17-37(34,35)22-8-13-36-16-22/h3-8,13-16,18H,9-12,17H2,1-2H3. The van der Waals surface area contributed by atoms with Gasteiger partial charge in [0.15, 0.2) is 21.5 Å². The highest BCUT2D eigenvalue weighted by molar-refractivity contribution is 7.90. The number of hydrogen-bond acceptors (Lipinski definition) is 7. The van der Waals surface area contributed by atoms with Crippen molar-refractivity contribution in [3.8, 4) is 16.9 Å². The molecule has 5 rings (SSSR count). The molecule has 1 aliphatic heterocycles. The van der Waals surface area contributed by atoms with Gasteiger partial charge in [0.1, 0.15) is 22.5 Å². The molecule has 0 unspecified atom stereocenters. The van der Waals surface area contributed by atoms with E-state index in [2.05, 4.69) is 34.0 Å². The molecular weight excluding hydrogens is 500 g/mol. The van der Waals surface area contributed by atoms with E-state index < -0.39 is 32.9 Å². The van der Waals surface area contributed by atoms with Crippen LogP contribution in [-0.4, -0.2) is 60.5 Å². The zero-order valence-corrected chi connectivity index (χ0v) is 21.3. The Hall–Kier alpha value is -3.57. The lowest BCUT2D eigenvalue weighted by Gasteiger charge is -2.38. The van der Waals surface area contributed by atoms with Gasteiger partial charge in [-0.05, 0) is 38.1 Å². The molecule has 4 aromatic rings. The molecule has 0 saturated carbocycles. The molecule has 0 aliphatic carbocycles. The number of piperazine rings is 1. The molecule has 0 spiro atoms. The van der Waals surface area contributed by atoms with Crippen molar-refractivity contribution in [2.75, 3.05) is 31.1 Å². The van der Waals surface area contributed by atoms with E-state index in [4.69, 9.17) is 4.42 Å². The van der Waals surface area contributed by atoms with Crippen molar-refractivity contribution >= 4 is 15.5 Å². The maximum Gasteiger partial charge on any atom is 0.185 e. The molecule has 1 aliphatic rings. The summed E-state index contributed by atoms with van der Waals surface area (Å²) in [5.74, 6) is -2.55. The summed E-state index contributed by atoms with van der Waals surface area (Å²) in [4.78, 5) is 4.66. The van der Waals surface area contributed by atoms with Crippen molar-refractivity contribution in [3.63, 3.8) is 0 Å². The van der Waals surface area contributed by atoms with E-state index >= 15 is 4.39 Å². The Bertz CT molecular complexity index is 1490. The number of aromatic nitrogens is 3. The van der Waals surface area contributed by atoms with Gasteiger partial charge in [0, 0.05) is 49.0 Å². The summed E-state index contributed by atoms with van der Waals surface area (Å²) in [6.07, 6.45) is 3.72. The van der Waals surface area contributed by atoms with E-state index in [-0.39, 0.29) is 10.5 Å². The van der Waals surface area contributed by atoms with E-state index in [9.17, 15) is 12.8 Å². The van der Waals surface area contributed by atoms with E-state index in [0.29, 0.717) is 11.7 Å². The monoisotopic (exact) mass is 527 g/mol. The normalized spacial score (nSPS) is 15.0. The third-order valence-electron chi connectivity index (χ3n) is 6.62. The predicted octanol–water partition coefficient (Wildman–Crippen LogP) is 4.31. The summed E-state index contributed by atoms with van der Waals surface area (Å²) < 4.78 is 61.1. The van der Waals surface area contributed by atoms with Crippen molar-refractivity contribution in [1.29, 1.82) is 0 Å². The van der Waals surface area contributed by atoms with Gasteiger partial charge < -0.3 is 9.32 Å². The lowest BCUT2D eigenvalue weighted by molar-refractivity contribution is 0.209. The van der Waals surface area contributed by atoms with Crippen molar-refractivity contribution in [2.24, 2.45) is 0 Å². The van der Waals surface area contributed by atoms with Gasteiger partial charge in [-0.25, -0.2) is 21.9 Å². The second-order valence-corrected chi connectivity index (χ2v) is 11.3. The quantitative estimate of drug-likeness (QED) is 0.354. The maximum absolute atomic E-state index is 15.4. The first-order valence-corrected chi connectivity index (χ1v) is 13.6. The van der Waals surface area contributed by atoms with E-state index in [1.165, 1.54) is 18.5 Å². The second-order valence-electron chi connectivity index (χ2n) is 9.30. The van der Waals surface area contributed by atoms with Crippen molar-refractivity contribution in [3.05, 3.63) is 78.4 Å². The van der Waals surface area contributed by atoms with E-state index in [1.807, 2.05) is 24.3 Å². The summed E-state index contributed by atoms with van der Waals surface area (Å²) >= 11 is 0. The van der Waals surface area contributed by atoms with Gasteiger partial charge in [-0.1, -0.05) is 23.4 Å². The topological polar surface area (TPSA) is 84.5 Å². The molecule has 194 valence electrons. The fraction of sp³-hybridized carbons (Fsp3) is 0.308. The SMILES string of the molecule is CC(C)N1CCN(c2cccc(-c3cn(-c4c(F)ccc(CS(=O)(=O)c5ccoc5)c4F)nn3)c2)CC1. The maximum atomic E-state index is 15.4. The van der Waals surface area contributed by atoms with Crippen LogP contribution in [0.25, 0.3) is 16.9 Å². The fourth-order valence-corrected chi connectivity index (χ4v) is 5.75. The Morgan fingerprint density at radius 3 is 2.54 bits per heavy atom. The molecular formula is C26H27F2N5O3S. The van der Waals surface area contributed by atoms with Crippen molar-refractivity contribution in [1.82, 2.24) is 19.9 Å². The second kappa shape index (κ2) is 10.1. The van der Waals surface area contributed by atoms with Crippen molar-refractivity contribution in [2.45, 2.75) is 30.5 Å². The van der Waals surface area contributed by atoms with Crippen LogP contribution in [0, 0.1) is 11.6 Å². The van der Waals surface area contributed by atoms with Crippen LogP contribution < -0.4 is 4.90 Å². The minimum Gasteiger partial charge on any atom is -0.471 e. The minimum atomic E-state index is -3.88. The molecule has 0 bridgehead atoms. The number of hydrogen-bond donors (Lipinski definition) is 0. The number of benzene rings is 2. The average molecular weight is 528 g/mol. The van der Waals surface area contributed by atoms with Crippen LogP contribution in [0.5, 0.6) is 0 Å². The van der Waals surface area contributed by atoms with Gasteiger partial charge in [0.2, 0.25) is 0 Å². The van der Waals surface area contributed by atoms with Crippen LogP contribution >= 0.6 is 0 Å². The molecule has 0 atom stereocenters. The van der Waals surface area contributed by atoms with Crippen LogP contribution in [0.3, 0.4) is 0 Å². The molecule has 8 nitrogen and oxygen atoms in total. The molecule has 1 fully saturated rings. The Kier molecular flexibility index (Phi) is 6.82. The van der Waals surface area contributed by atoms with Gasteiger partial charge in [-0.15, -0.1) is 5.10 Å². The third-order valence-corrected chi connectivity index (χ3v) is 8.26. The Labute approximate surface area is 214 Å². The van der Waals surface area contributed by atoms with Crippen LogP contribution in [0.2, 0.25) is 0 Å². The molecule has 0 N–H and O–H groups in total. The smallest absolute Gasteiger partial charge is 0.185 e. The summed E-state index contributed by atoms with van der Waals surface area (Å²) in [5, 5.41) is 8.08. The zero-order valence-electron chi connectivity index (χ0n) is 20.5. The number of furan rings is 1. The Morgan fingerprint density at radius 2 is 1.84 bits per heavy atom. The van der Waals surface area contributed by atoms with Gasteiger partial charge in [-0.3, -0.25) is 4.90 Å². The molecule has 0 radical (unpaired) electrons. The first-order chi connectivity index (χ1) is 17.7. The van der Waals surface area contributed by atoms with Gasteiger partial charge in [0.25, 0.3) is 0 Å². The molecule has 2 aromatic carbocycles. The van der Waals surface area contributed by atoms with E-state index in [1.54, 1.807) is 0 Å². The van der Waals surface area contributed by atoms with Crippen LogP contribution in [0.1, 0.15) is 19.4 Å². The summed E-state index contributed by atoms with van der Waals surface area (Å²) in [6, 6.07) is 11.7. The summed E-state index contributed by atoms with van der Waals surface area (Å²) in [5.41, 5.74) is 1.57. The number of sulfone groups is 1. The molecule has 0 amide bonds. The van der Waals surface area contributed by atoms with Gasteiger partial charge in [0.05, 0.1) is 18.2 Å². The highest BCUT2D eigenvalue weighted by Gasteiger charge is 2.24. The molecule has 3 heterocycles. The minimum absolute atomic E-state index is 0.0775. The van der Waals surface area contributed by atoms with Gasteiger partial charge >= 0.3 is 0 Å². The molecule has 11 heteroatoms. The zero-order chi connectivity index (χ0) is 26.2. The lowest BCUT2D eigenvalue weighted by atomic mass is 10.1. The van der Waals surface area contributed by atoms with Crippen LogP contribution in [-0.2, 0) is 15.6 Å². The number of halogens is 2. The first kappa shape index (κ1) is 25.1. The Morgan fingerprint density at radius 1 is 1.05 bits per heavy atom. The first-order valence-electron chi connectivity index (χ1n) is 12.0. The molecule has 1 saturated heterocycles. The van der Waals surface area contributed by atoms with Crippen LogP contribution in [0.4, 0.5) is 14.5 Å². The van der Waals surface area contributed by atoms with Gasteiger partial charge in [-0.2, -0.15) is 0 Å². The van der Waals surface area contributed by atoms with E-state index in [0.717, 1.165) is 60.5 Å². The predicted molar refractivity (Wildman–Crippen MR) is 135 cm³/mol. The van der Waals surface area contributed by atoms with Crippen LogP contribution in [0.15, 0.2) is 70.5 Å². The highest BCUT2D eigenvalue weighted by atomic mass is 32.2. The number of anilines is 1. The highest BCUT2D eigenvalue weighted by Crippen LogP contribution is 2.28. The van der Waals surface area contributed by atoms with Crippen molar-refractivity contribution < 1.29 is 21.6 Å². The fourth-order valence-electron chi connectivity index (χ4n) is 4.49. The number of rotatable bonds is 7. The average Bonchev–Trinajstić information content (AvgIpc) is 3.60. The largest absolute Gasteiger partial charge is 0.471 e. The third kappa shape index (κ3) is 5.14.